The van der Waals surface area contributed by atoms with Crippen molar-refractivity contribution in [1.29, 1.82) is 0 Å². The van der Waals surface area contributed by atoms with Gasteiger partial charge in [-0.3, -0.25) is 0 Å². The highest BCUT2D eigenvalue weighted by Gasteiger charge is 2.28. The number of nitrogens with one attached hydrogen (secondary N) is 1. The van der Waals surface area contributed by atoms with E-state index in [-0.39, 0.29) is 0 Å². The van der Waals surface area contributed by atoms with Gasteiger partial charge < -0.3 is 10.1 Å². The van der Waals surface area contributed by atoms with E-state index < -0.39 is 5.60 Å². The zero-order valence-corrected chi connectivity index (χ0v) is 12.4. The monoisotopic (exact) mass is 251 g/mol. The third kappa shape index (κ3) is 3.19. The van der Waals surface area contributed by atoms with Crippen LogP contribution in [0.1, 0.15) is 58.5 Å². The minimum absolute atomic E-state index is 0.377. The normalized spacial score (nSPS) is 14.6. The van der Waals surface area contributed by atoms with Crippen molar-refractivity contribution in [3.63, 3.8) is 0 Å². The molecule has 0 radical (unpaired) electrons. The summed E-state index contributed by atoms with van der Waals surface area (Å²) in [6.07, 6.45) is 0.844. The number of methoxy groups -OCH3 is 1. The Labute approximate surface area is 110 Å². The van der Waals surface area contributed by atoms with E-state index in [1.54, 1.807) is 7.11 Å². The van der Waals surface area contributed by atoms with Gasteiger partial charge in [-0.1, -0.05) is 20.8 Å². The second kappa shape index (κ2) is 6.14. The molecule has 1 N–H and O–H groups in total. The molecule has 1 aromatic rings. The van der Waals surface area contributed by atoms with Crippen LogP contribution in [-0.2, 0) is 10.3 Å². The van der Waals surface area contributed by atoms with Crippen LogP contribution in [0, 0.1) is 0 Å². The van der Waals surface area contributed by atoms with Crippen molar-refractivity contribution < 1.29 is 4.74 Å². The summed E-state index contributed by atoms with van der Waals surface area (Å²) in [5.74, 6) is 2.01. The van der Waals surface area contributed by atoms with Crippen LogP contribution in [0.2, 0.25) is 0 Å². The van der Waals surface area contributed by atoms with Crippen molar-refractivity contribution in [2.75, 3.05) is 19.0 Å². The van der Waals surface area contributed by atoms with Crippen LogP contribution in [0.25, 0.3) is 0 Å². The summed E-state index contributed by atoms with van der Waals surface area (Å²) >= 11 is 0. The first-order chi connectivity index (χ1) is 8.46. The Morgan fingerprint density at radius 3 is 2.44 bits per heavy atom. The van der Waals surface area contributed by atoms with Gasteiger partial charge in [0.1, 0.15) is 11.4 Å². The average Bonchev–Trinajstić information content (AvgIpc) is 2.37. The second-order valence-corrected chi connectivity index (χ2v) is 4.98. The quantitative estimate of drug-likeness (QED) is 0.842. The summed E-state index contributed by atoms with van der Waals surface area (Å²) in [4.78, 5) is 9.22. The molecule has 0 aliphatic heterocycles. The molecule has 0 saturated heterocycles. The molecule has 1 heterocycles. The highest BCUT2D eigenvalue weighted by Crippen LogP contribution is 2.27. The minimum atomic E-state index is -0.422. The summed E-state index contributed by atoms with van der Waals surface area (Å²) in [7, 11) is 1.71. The van der Waals surface area contributed by atoms with E-state index in [0.717, 1.165) is 30.3 Å². The van der Waals surface area contributed by atoms with Crippen LogP contribution in [-0.4, -0.2) is 23.6 Å². The maximum atomic E-state index is 5.59. The third-order valence-electron chi connectivity index (χ3n) is 3.29. The van der Waals surface area contributed by atoms with Crippen LogP contribution in [0.4, 0.5) is 5.82 Å². The summed E-state index contributed by atoms with van der Waals surface area (Å²) in [6, 6.07) is 2.02. The molecule has 0 bridgehead atoms. The maximum absolute atomic E-state index is 5.59. The van der Waals surface area contributed by atoms with Crippen molar-refractivity contribution in [2.45, 2.75) is 52.6 Å². The van der Waals surface area contributed by atoms with Gasteiger partial charge in [0, 0.05) is 25.4 Å². The lowest BCUT2D eigenvalue weighted by molar-refractivity contribution is -0.00907. The number of ether oxygens (including phenoxy) is 1. The Hall–Kier alpha value is -1.16. The van der Waals surface area contributed by atoms with Gasteiger partial charge in [0.05, 0.1) is 0 Å². The first kappa shape index (κ1) is 14.9. The van der Waals surface area contributed by atoms with E-state index in [4.69, 9.17) is 4.74 Å². The zero-order valence-electron chi connectivity index (χ0n) is 12.4. The van der Waals surface area contributed by atoms with Crippen LogP contribution < -0.4 is 5.32 Å². The van der Waals surface area contributed by atoms with Gasteiger partial charge >= 0.3 is 0 Å². The lowest BCUT2D eigenvalue weighted by Gasteiger charge is -2.26. The number of hydrogen-bond donors (Lipinski definition) is 1. The average molecular weight is 251 g/mol. The molecule has 0 saturated carbocycles. The van der Waals surface area contributed by atoms with Gasteiger partial charge in [-0.05, 0) is 26.2 Å². The fourth-order valence-corrected chi connectivity index (χ4v) is 1.66. The summed E-state index contributed by atoms with van der Waals surface area (Å²) in [6.45, 7) is 11.3. The van der Waals surface area contributed by atoms with Gasteiger partial charge in [-0.25, -0.2) is 9.97 Å². The molecule has 4 nitrogen and oxygen atoms in total. The van der Waals surface area contributed by atoms with Crippen molar-refractivity contribution in [1.82, 2.24) is 9.97 Å². The lowest BCUT2D eigenvalue weighted by atomic mass is 10.0. The highest BCUT2D eigenvalue weighted by molar-refractivity contribution is 5.37. The van der Waals surface area contributed by atoms with E-state index in [1.165, 1.54) is 0 Å². The minimum Gasteiger partial charge on any atom is -0.371 e. The van der Waals surface area contributed by atoms with E-state index in [1.807, 2.05) is 13.0 Å². The molecule has 1 atom stereocenters. The fraction of sp³-hybridized carbons (Fsp3) is 0.714. The molecule has 0 aliphatic carbocycles. The van der Waals surface area contributed by atoms with Crippen molar-refractivity contribution in [2.24, 2.45) is 0 Å². The Bertz CT molecular complexity index is 387. The van der Waals surface area contributed by atoms with Gasteiger partial charge in [0.15, 0.2) is 5.82 Å². The molecular formula is C14H25N3O. The van der Waals surface area contributed by atoms with Crippen LogP contribution in [0.3, 0.4) is 0 Å². The van der Waals surface area contributed by atoms with E-state index in [2.05, 4.69) is 43.0 Å². The maximum Gasteiger partial charge on any atom is 0.162 e. The van der Waals surface area contributed by atoms with Crippen LogP contribution in [0.5, 0.6) is 0 Å². The highest BCUT2D eigenvalue weighted by atomic mass is 16.5. The van der Waals surface area contributed by atoms with E-state index in [0.29, 0.717) is 5.92 Å². The standard InChI is InChI=1S/C14H25N3O/c1-7-14(5,18-6)13-16-11(10(3)4)9-12(17-13)15-8-2/h9-10H,7-8H2,1-6H3,(H,15,16,17). The number of anilines is 1. The molecule has 1 aromatic heterocycles. The predicted octanol–water partition coefficient (Wildman–Crippen LogP) is 3.30. The smallest absolute Gasteiger partial charge is 0.162 e. The fourth-order valence-electron chi connectivity index (χ4n) is 1.66. The predicted molar refractivity (Wildman–Crippen MR) is 74.9 cm³/mol. The molecule has 1 rings (SSSR count). The lowest BCUT2D eigenvalue weighted by Crippen LogP contribution is -2.27. The Morgan fingerprint density at radius 1 is 1.33 bits per heavy atom. The molecule has 0 aromatic carbocycles. The molecule has 18 heavy (non-hydrogen) atoms. The van der Waals surface area contributed by atoms with Crippen LogP contribution in [0.15, 0.2) is 6.07 Å². The van der Waals surface area contributed by atoms with Crippen molar-refractivity contribution in [3.8, 4) is 0 Å². The van der Waals surface area contributed by atoms with E-state index in [9.17, 15) is 0 Å². The van der Waals surface area contributed by atoms with Crippen molar-refractivity contribution >= 4 is 5.82 Å². The Kier molecular flexibility index (Phi) is 5.08. The molecule has 0 fully saturated rings. The topological polar surface area (TPSA) is 47.0 Å². The number of hydrogen-bond acceptors (Lipinski definition) is 4. The van der Waals surface area contributed by atoms with Crippen LogP contribution >= 0.6 is 0 Å². The number of rotatable bonds is 6. The van der Waals surface area contributed by atoms with Gasteiger partial charge in [0.2, 0.25) is 0 Å². The van der Waals surface area contributed by atoms with Crippen molar-refractivity contribution in [3.05, 3.63) is 17.6 Å². The molecule has 1 unspecified atom stereocenters. The molecule has 0 amide bonds. The largest absolute Gasteiger partial charge is 0.371 e. The van der Waals surface area contributed by atoms with E-state index >= 15 is 0 Å². The second-order valence-electron chi connectivity index (χ2n) is 4.98. The van der Waals surface area contributed by atoms with Gasteiger partial charge in [-0.2, -0.15) is 0 Å². The SMILES string of the molecule is CCNc1cc(C(C)C)nc(C(C)(CC)OC)n1. The summed E-state index contributed by atoms with van der Waals surface area (Å²) in [5.41, 5.74) is 0.627. The number of nitrogens with zero attached hydrogens (tertiary/aromatic N) is 2. The molecule has 0 spiro atoms. The summed E-state index contributed by atoms with van der Waals surface area (Å²) < 4.78 is 5.59. The summed E-state index contributed by atoms with van der Waals surface area (Å²) in [5, 5.41) is 3.26. The first-order valence-electron chi connectivity index (χ1n) is 6.65. The van der Waals surface area contributed by atoms with Gasteiger partial charge in [0.25, 0.3) is 0 Å². The molecular weight excluding hydrogens is 226 g/mol. The molecule has 102 valence electrons. The molecule has 0 aliphatic rings. The Morgan fingerprint density at radius 2 is 2.00 bits per heavy atom. The number of aromatic nitrogens is 2. The third-order valence-corrected chi connectivity index (χ3v) is 3.29. The zero-order chi connectivity index (χ0) is 13.8. The first-order valence-corrected chi connectivity index (χ1v) is 6.65. The molecule has 4 heteroatoms. The Balaban J connectivity index is 3.25. The van der Waals surface area contributed by atoms with Gasteiger partial charge in [-0.15, -0.1) is 0 Å².